The molecule has 0 aliphatic carbocycles. The topological polar surface area (TPSA) is 12.0 Å². The first-order chi connectivity index (χ1) is 5.63. The van der Waals surface area contributed by atoms with Gasteiger partial charge in [-0.05, 0) is 18.4 Å². The lowest BCUT2D eigenvalue weighted by Crippen LogP contribution is -2.10. The van der Waals surface area contributed by atoms with E-state index in [1.807, 2.05) is 26.1 Å². The quantitative estimate of drug-likeness (QED) is 0.632. The second-order valence-electron chi connectivity index (χ2n) is 3.03. The Bertz CT molecular complexity index is 197. The van der Waals surface area contributed by atoms with E-state index in [1.165, 1.54) is 5.57 Å². The number of hydrogen-bond acceptors (Lipinski definition) is 1. The highest BCUT2D eigenvalue weighted by Crippen LogP contribution is 2.15. The van der Waals surface area contributed by atoms with Crippen LogP contribution in [0.2, 0.25) is 0 Å². The van der Waals surface area contributed by atoms with Gasteiger partial charge in [-0.2, -0.15) is 0 Å². The molecule has 0 bridgehead atoms. The molecule has 0 saturated heterocycles. The van der Waals surface area contributed by atoms with E-state index < -0.39 is 0 Å². The van der Waals surface area contributed by atoms with Crippen molar-refractivity contribution in [3.8, 4) is 0 Å². The average molecular weight is 165 g/mol. The van der Waals surface area contributed by atoms with Crippen molar-refractivity contribution in [1.82, 2.24) is 5.32 Å². The number of rotatable bonds is 4. The molecule has 0 radical (unpaired) electrons. The minimum Gasteiger partial charge on any atom is -0.388 e. The maximum Gasteiger partial charge on any atom is 0.0299 e. The molecule has 0 aromatic heterocycles. The molecule has 0 heterocycles. The van der Waals surface area contributed by atoms with Crippen LogP contribution in [0, 0.1) is 5.92 Å². The lowest BCUT2D eigenvalue weighted by atomic mass is 10.0. The summed E-state index contributed by atoms with van der Waals surface area (Å²) >= 11 is 0. The van der Waals surface area contributed by atoms with Crippen molar-refractivity contribution in [3.05, 3.63) is 36.1 Å². The fourth-order valence-electron chi connectivity index (χ4n) is 0.986. The van der Waals surface area contributed by atoms with Gasteiger partial charge >= 0.3 is 0 Å². The van der Waals surface area contributed by atoms with E-state index in [-0.39, 0.29) is 0 Å². The van der Waals surface area contributed by atoms with Crippen molar-refractivity contribution in [2.24, 2.45) is 5.92 Å². The third kappa shape index (κ3) is 3.42. The Morgan fingerprint density at radius 1 is 1.42 bits per heavy atom. The molecule has 1 nitrogen and oxygen atoms in total. The molecule has 0 saturated carbocycles. The van der Waals surface area contributed by atoms with Gasteiger partial charge in [0.05, 0.1) is 0 Å². The summed E-state index contributed by atoms with van der Waals surface area (Å²) in [5.41, 5.74) is 2.26. The zero-order valence-corrected chi connectivity index (χ0v) is 8.52. The van der Waals surface area contributed by atoms with Gasteiger partial charge in [0.1, 0.15) is 0 Å². The van der Waals surface area contributed by atoms with Crippen LogP contribution in [-0.4, -0.2) is 7.05 Å². The van der Waals surface area contributed by atoms with Crippen LogP contribution in [0.1, 0.15) is 20.8 Å². The highest BCUT2D eigenvalue weighted by atomic mass is 14.8. The standard InChI is InChI=1S/C11H19N/c1-6-7-8-11(9(2)3)10(4)12-5/h6-9,12H,4H2,1-3,5H3/b7-6-,11-8-. The molecule has 0 aliphatic heterocycles. The monoisotopic (exact) mass is 165 g/mol. The van der Waals surface area contributed by atoms with Crippen LogP contribution in [-0.2, 0) is 0 Å². The van der Waals surface area contributed by atoms with Gasteiger partial charge in [0.25, 0.3) is 0 Å². The van der Waals surface area contributed by atoms with Crippen molar-refractivity contribution in [1.29, 1.82) is 0 Å². The highest BCUT2D eigenvalue weighted by molar-refractivity contribution is 5.31. The smallest absolute Gasteiger partial charge is 0.0299 e. The van der Waals surface area contributed by atoms with Crippen LogP contribution >= 0.6 is 0 Å². The Balaban J connectivity index is 4.54. The molecule has 0 unspecified atom stereocenters. The summed E-state index contributed by atoms with van der Waals surface area (Å²) in [6.07, 6.45) is 6.16. The van der Waals surface area contributed by atoms with Gasteiger partial charge in [-0.3, -0.25) is 0 Å². The van der Waals surface area contributed by atoms with E-state index in [4.69, 9.17) is 0 Å². The van der Waals surface area contributed by atoms with E-state index >= 15 is 0 Å². The third-order valence-electron chi connectivity index (χ3n) is 1.74. The molecule has 0 aliphatic rings. The van der Waals surface area contributed by atoms with E-state index in [1.54, 1.807) is 0 Å². The summed E-state index contributed by atoms with van der Waals surface area (Å²) in [6.45, 7) is 10.3. The van der Waals surface area contributed by atoms with E-state index in [0.717, 1.165) is 5.70 Å². The zero-order chi connectivity index (χ0) is 9.56. The summed E-state index contributed by atoms with van der Waals surface area (Å²) in [5, 5.41) is 3.06. The number of allylic oxidation sites excluding steroid dienone is 4. The lowest BCUT2D eigenvalue weighted by molar-refractivity contribution is 0.756. The van der Waals surface area contributed by atoms with Crippen LogP contribution in [0.15, 0.2) is 36.1 Å². The van der Waals surface area contributed by atoms with E-state index in [9.17, 15) is 0 Å². The van der Waals surface area contributed by atoms with Crippen molar-refractivity contribution in [3.63, 3.8) is 0 Å². The minimum absolute atomic E-state index is 0.515. The largest absolute Gasteiger partial charge is 0.388 e. The zero-order valence-electron chi connectivity index (χ0n) is 8.52. The molecule has 0 aromatic carbocycles. The van der Waals surface area contributed by atoms with Gasteiger partial charge in [-0.25, -0.2) is 0 Å². The van der Waals surface area contributed by atoms with Gasteiger partial charge < -0.3 is 5.32 Å². The highest BCUT2D eigenvalue weighted by Gasteiger charge is 2.03. The molecule has 0 aromatic rings. The van der Waals surface area contributed by atoms with Gasteiger partial charge in [0.15, 0.2) is 0 Å². The van der Waals surface area contributed by atoms with Crippen molar-refractivity contribution in [2.75, 3.05) is 7.05 Å². The number of nitrogens with one attached hydrogen (secondary N) is 1. The molecule has 0 atom stereocenters. The molecule has 68 valence electrons. The van der Waals surface area contributed by atoms with Crippen LogP contribution in [0.25, 0.3) is 0 Å². The van der Waals surface area contributed by atoms with Gasteiger partial charge in [-0.1, -0.05) is 38.7 Å². The SMILES string of the molecule is C=C(NC)/C(=C\C=C/C)C(C)C. The summed E-state index contributed by atoms with van der Waals surface area (Å²) < 4.78 is 0. The first-order valence-electron chi connectivity index (χ1n) is 4.33. The molecule has 1 N–H and O–H groups in total. The van der Waals surface area contributed by atoms with Crippen LogP contribution < -0.4 is 5.32 Å². The number of likely N-dealkylation sites (N-methyl/N-ethyl adjacent to an activating group) is 1. The van der Waals surface area contributed by atoms with Gasteiger partial charge in [-0.15, -0.1) is 0 Å². The Morgan fingerprint density at radius 3 is 2.33 bits per heavy atom. The molecule has 1 heteroatoms. The van der Waals surface area contributed by atoms with E-state index in [2.05, 4.69) is 31.8 Å². The fraction of sp³-hybridized carbons (Fsp3) is 0.455. The predicted molar refractivity (Wildman–Crippen MR) is 55.9 cm³/mol. The molecule has 0 amide bonds. The van der Waals surface area contributed by atoms with Crippen LogP contribution in [0.5, 0.6) is 0 Å². The summed E-state index contributed by atoms with van der Waals surface area (Å²) in [5.74, 6) is 0.515. The lowest BCUT2D eigenvalue weighted by Gasteiger charge is -2.12. The molecular weight excluding hydrogens is 146 g/mol. The summed E-state index contributed by atoms with van der Waals surface area (Å²) in [7, 11) is 1.90. The maximum atomic E-state index is 3.93. The first kappa shape index (κ1) is 11.0. The van der Waals surface area contributed by atoms with Crippen molar-refractivity contribution in [2.45, 2.75) is 20.8 Å². The normalized spacial score (nSPS) is 12.6. The first-order valence-corrected chi connectivity index (χ1v) is 4.33. The Hall–Kier alpha value is -0.980. The predicted octanol–water partition coefficient (Wildman–Crippen LogP) is 2.88. The fourth-order valence-corrected chi connectivity index (χ4v) is 0.986. The van der Waals surface area contributed by atoms with Crippen LogP contribution in [0.4, 0.5) is 0 Å². The van der Waals surface area contributed by atoms with Gasteiger partial charge in [0.2, 0.25) is 0 Å². The third-order valence-corrected chi connectivity index (χ3v) is 1.74. The second-order valence-corrected chi connectivity index (χ2v) is 3.03. The minimum atomic E-state index is 0.515. The Morgan fingerprint density at radius 2 is 2.00 bits per heavy atom. The summed E-state index contributed by atoms with van der Waals surface area (Å²) in [6, 6.07) is 0. The van der Waals surface area contributed by atoms with Crippen molar-refractivity contribution < 1.29 is 0 Å². The molecular formula is C11H19N. The summed E-state index contributed by atoms with van der Waals surface area (Å²) in [4.78, 5) is 0. The maximum absolute atomic E-state index is 3.93. The second kappa shape index (κ2) is 5.64. The molecule has 0 rings (SSSR count). The molecule has 0 fully saturated rings. The Labute approximate surface area is 75.9 Å². The molecule has 12 heavy (non-hydrogen) atoms. The van der Waals surface area contributed by atoms with Crippen LogP contribution in [0.3, 0.4) is 0 Å². The van der Waals surface area contributed by atoms with Crippen molar-refractivity contribution >= 4 is 0 Å². The average Bonchev–Trinajstić information content (AvgIpc) is 2.04. The Kier molecular flexibility index (Phi) is 5.18. The number of hydrogen-bond donors (Lipinski definition) is 1. The van der Waals surface area contributed by atoms with Gasteiger partial charge in [0, 0.05) is 12.7 Å². The molecule has 0 spiro atoms. The van der Waals surface area contributed by atoms with E-state index in [0.29, 0.717) is 5.92 Å².